The summed E-state index contributed by atoms with van der Waals surface area (Å²) in [4.78, 5) is 35.2. The van der Waals surface area contributed by atoms with E-state index in [4.69, 9.17) is 16.3 Å². The maximum atomic E-state index is 12.9. The predicted molar refractivity (Wildman–Crippen MR) is 91.1 cm³/mol. The molecule has 24 heavy (non-hydrogen) atoms. The van der Waals surface area contributed by atoms with E-state index in [2.05, 4.69) is 23.8 Å². The molecule has 0 bridgehead atoms. The number of hydrogen-bond acceptors (Lipinski definition) is 6. The van der Waals surface area contributed by atoms with Gasteiger partial charge in [0.25, 0.3) is 5.91 Å². The molecule has 0 aromatic carbocycles. The van der Waals surface area contributed by atoms with Gasteiger partial charge < -0.3 is 9.64 Å². The SMILES string of the molecule is COC(=O)[C@@]12CN(C(=O)c3nc(SC)ncc3Cl)C[C@@H]1C(C)(C)C2. The van der Waals surface area contributed by atoms with Gasteiger partial charge in [-0.3, -0.25) is 9.59 Å². The zero-order valence-electron chi connectivity index (χ0n) is 14.1. The first-order chi connectivity index (χ1) is 11.2. The van der Waals surface area contributed by atoms with Gasteiger partial charge >= 0.3 is 5.97 Å². The monoisotopic (exact) mass is 369 g/mol. The number of nitrogens with zero attached hydrogens (tertiary/aromatic N) is 3. The zero-order chi connectivity index (χ0) is 17.7. The van der Waals surface area contributed by atoms with E-state index in [-0.39, 0.29) is 33.9 Å². The van der Waals surface area contributed by atoms with Crippen LogP contribution in [0.2, 0.25) is 5.02 Å². The number of fused-ring (bicyclic) bond motifs is 1. The summed E-state index contributed by atoms with van der Waals surface area (Å²) in [6.45, 7) is 5.10. The summed E-state index contributed by atoms with van der Waals surface area (Å²) in [5.74, 6) is -0.408. The number of carbonyl (C=O) groups is 2. The van der Waals surface area contributed by atoms with E-state index in [1.165, 1.54) is 25.1 Å². The van der Waals surface area contributed by atoms with Gasteiger partial charge in [-0.1, -0.05) is 37.2 Å². The van der Waals surface area contributed by atoms with Crippen LogP contribution >= 0.6 is 23.4 Å². The molecule has 8 heteroatoms. The Morgan fingerprint density at radius 1 is 1.46 bits per heavy atom. The van der Waals surface area contributed by atoms with Crippen molar-refractivity contribution in [2.75, 3.05) is 26.5 Å². The van der Waals surface area contributed by atoms with Gasteiger partial charge in [0.05, 0.1) is 23.7 Å². The Labute approximate surface area is 150 Å². The molecular weight excluding hydrogens is 350 g/mol. The van der Waals surface area contributed by atoms with Crippen LogP contribution in [0.25, 0.3) is 0 Å². The molecule has 0 N–H and O–H groups in total. The van der Waals surface area contributed by atoms with Crippen LogP contribution < -0.4 is 0 Å². The third-order valence-corrected chi connectivity index (χ3v) is 6.08. The van der Waals surface area contributed by atoms with E-state index < -0.39 is 5.41 Å². The molecule has 2 fully saturated rings. The minimum absolute atomic E-state index is 0.00309. The molecule has 0 spiro atoms. The zero-order valence-corrected chi connectivity index (χ0v) is 15.7. The number of rotatable bonds is 3. The van der Waals surface area contributed by atoms with Crippen LogP contribution in [0.5, 0.6) is 0 Å². The van der Waals surface area contributed by atoms with E-state index in [1.807, 2.05) is 6.26 Å². The maximum Gasteiger partial charge on any atom is 0.314 e. The normalized spacial score (nSPS) is 27.4. The van der Waals surface area contributed by atoms with Crippen LogP contribution in [0.3, 0.4) is 0 Å². The van der Waals surface area contributed by atoms with E-state index in [9.17, 15) is 9.59 Å². The lowest BCUT2D eigenvalue weighted by atomic mass is 9.48. The van der Waals surface area contributed by atoms with E-state index in [0.29, 0.717) is 24.7 Å². The summed E-state index contributed by atoms with van der Waals surface area (Å²) < 4.78 is 5.01. The highest BCUT2D eigenvalue weighted by atomic mass is 35.5. The van der Waals surface area contributed by atoms with Crippen LogP contribution in [0.15, 0.2) is 11.4 Å². The third-order valence-electron chi connectivity index (χ3n) is 5.24. The Balaban J connectivity index is 1.89. The minimum atomic E-state index is -0.601. The molecule has 2 aliphatic rings. The Morgan fingerprint density at radius 2 is 2.17 bits per heavy atom. The predicted octanol–water partition coefficient (Wildman–Crippen LogP) is 2.51. The number of carbonyl (C=O) groups excluding carboxylic acids is 2. The number of aromatic nitrogens is 2. The van der Waals surface area contributed by atoms with Crippen molar-refractivity contribution in [3.8, 4) is 0 Å². The fourth-order valence-corrected chi connectivity index (χ4v) is 4.79. The molecule has 6 nitrogen and oxygen atoms in total. The largest absolute Gasteiger partial charge is 0.469 e. The van der Waals surface area contributed by atoms with E-state index in [0.717, 1.165) is 0 Å². The lowest BCUT2D eigenvalue weighted by Gasteiger charge is -2.54. The van der Waals surface area contributed by atoms with Gasteiger partial charge in [0.1, 0.15) is 0 Å². The van der Waals surface area contributed by atoms with Gasteiger partial charge in [-0.2, -0.15) is 0 Å². The maximum absolute atomic E-state index is 12.9. The first-order valence-electron chi connectivity index (χ1n) is 7.69. The smallest absolute Gasteiger partial charge is 0.314 e. The number of amides is 1. The molecule has 1 aliphatic heterocycles. The Kier molecular flexibility index (Phi) is 4.28. The fourth-order valence-electron chi connectivity index (χ4n) is 4.28. The number of hydrogen-bond donors (Lipinski definition) is 0. The quantitative estimate of drug-likeness (QED) is 0.463. The summed E-state index contributed by atoms with van der Waals surface area (Å²) >= 11 is 7.47. The van der Waals surface area contributed by atoms with Crippen LogP contribution in [0.4, 0.5) is 0 Å². The van der Waals surface area contributed by atoms with Crippen molar-refractivity contribution < 1.29 is 14.3 Å². The summed E-state index contributed by atoms with van der Waals surface area (Å²) in [6.07, 6.45) is 4.00. The summed E-state index contributed by atoms with van der Waals surface area (Å²) in [5, 5.41) is 0.719. The van der Waals surface area contributed by atoms with Crippen molar-refractivity contribution in [1.29, 1.82) is 0 Å². The number of thioether (sulfide) groups is 1. The van der Waals surface area contributed by atoms with Crippen molar-refractivity contribution >= 4 is 35.2 Å². The third kappa shape index (κ3) is 2.49. The molecular formula is C16H20ClN3O3S. The average molecular weight is 370 g/mol. The number of ether oxygens (including phenoxy) is 1. The molecule has 1 aromatic rings. The number of esters is 1. The van der Waals surface area contributed by atoms with Gasteiger partial charge in [0.15, 0.2) is 10.9 Å². The summed E-state index contributed by atoms with van der Waals surface area (Å²) in [6, 6.07) is 0. The van der Waals surface area contributed by atoms with Gasteiger partial charge in [0, 0.05) is 13.1 Å². The topological polar surface area (TPSA) is 72.4 Å². The summed E-state index contributed by atoms with van der Waals surface area (Å²) in [5.41, 5.74) is -0.408. The first-order valence-corrected chi connectivity index (χ1v) is 9.29. The second-order valence-corrected chi connectivity index (χ2v) is 8.29. The number of halogens is 1. The minimum Gasteiger partial charge on any atom is -0.469 e. The van der Waals surface area contributed by atoms with Crippen molar-refractivity contribution in [1.82, 2.24) is 14.9 Å². The molecule has 1 amide bonds. The van der Waals surface area contributed by atoms with E-state index >= 15 is 0 Å². The van der Waals surface area contributed by atoms with Gasteiger partial charge in [-0.05, 0) is 24.0 Å². The molecule has 1 saturated carbocycles. The molecule has 0 radical (unpaired) electrons. The Hall–Kier alpha value is -1.34. The highest BCUT2D eigenvalue weighted by molar-refractivity contribution is 7.98. The van der Waals surface area contributed by atoms with Crippen molar-refractivity contribution in [3.05, 3.63) is 16.9 Å². The molecule has 1 aromatic heterocycles. The van der Waals surface area contributed by atoms with Crippen LogP contribution in [0, 0.1) is 16.7 Å². The number of methoxy groups -OCH3 is 1. The fraction of sp³-hybridized carbons (Fsp3) is 0.625. The molecule has 2 atom stereocenters. The lowest BCUT2D eigenvalue weighted by Crippen LogP contribution is -2.57. The van der Waals surface area contributed by atoms with Gasteiger partial charge in [-0.25, -0.2) is 9.97 Å². The van der Waals surface area contributed by atoms with Crippen molar-refractivity contribution in [3.63, 3.8) is 0 Å². The number of likely N-dealkylation sites (tertiary alicyclic amines) is 1. The van der Waals surface area contributed by atoms with E-state index in [1.54, 1.807) is 4.90 Å². The van der Waals surface area contributed by atoms with Crippen molar-refractivity contribution in [2.24, 2.45) is 16.7 Å². The summed E-state index contributed by atoms with van der Waals surface area (Å²) in [7, 11) is 1.40. The highest BCUT2D eigenvalue weighted by Gasteiger charge is 2.68. The molecule has 2 heterocycles. The average Bonchev–Trinajstić information content (AvgIpc) is 2.90. The van der Waals surface area contributed by atoms with Gasteiger partial charge in [0.2, 0.25) is 0 Å². The standard InChI is InChI=1S/C16H20ClN3O3S/c1-15(2)7-16(13(22)23-3)8-20(6-10(15)16)12(21)11-9(17)5-18-14(19-11)24-4/h5,10H,6-8H2,1-4H3/t10-,16+/m1/s1. The molecule has 1 aliphatic carbocycles. The van der Waals surface area contributed by atoms with Crippen LogP contribution in [-0.4, -0.2) is 53.2 Å². The lowest BCUT2D eigenvalue weighted by molar-refractivity contribution is -0.174. The van der Waals surface area contributed by atoms with Crippen LogP contribution in [-0.2, 0) is 9.53 Å². The highest BCUT2D eigenvalue weighted by Crippen LogP contribution is 2.63. The Morgan fingerprint density at radius 3 is 2.75 bits per heavy atom. The molecule has 0 unspecified atom stereocenters. The molecule has 3 rings (SSSR count). The second-order valence-electron chi connectivity index (χ2n) is 7.10. The first kappa shape index (κ1) is 17.5. The van der Waals surface area contributed by atoms with Crippen LogP contribution in [0.1, 0.15) is 30.8 Å². The van der Waals surface area contributed by atoms with Crippen molar-refractivity contribution in [2.45, 2.75) is 25.4 Å². The Bertz CT molecular complexity index is 712. The molecule has 1 saturated heterocycles. The second kappa shape index (κ2) is 5.88. The van der Waals surface area contributed by atoms with Gasteiger partial charge in [-0.15, -0.1) is 0 Å². The molecule has 130 valence electrons.